The molecule has 0 spiro atoms. The number of nitrogens with zero attached hydrogens (tertiary/aromatic N) is 2. The Labute approximate surface area is 215 Å². The van der Waals surface area contributed by atoms with Gasteiger partial charge in [-0.2, -0.15) is 0 Å². The molecule has 0 saturated carbocycles. The van der Waals surface area contributed by atoms with E-state index in [1.54, 1.807) is 29.5 Å². The minimum Gasteiger partial charge on any atom is -0.491 e. The summed E-state index contributed by atoms with van der Waals surface area (Å²) < 4.78 is 24.9. The molecule has 2 atom stereocenters. The number of fused-ring (bicyclic) bond motifs is 1. The summed E-state index contributed by atoms with van der Waals surface area (Å²) >= 11 is 1.69. The van der Waals surface area contributed by atoms with Crippen molar-refractivity contribution in [2.45, 2.75) is 18.6 Å². The lowest BCUT2D eigenvalue weighted by atomic mass is 10.0. The molecule has 36 heavy (non-hydrogen) atoms. The second-order valence-corrected chi connectivity index (χ2v) is 9.68. The number of ether oxygens (including phenoxy) is 2. The molecule has 1 aliphatic rings. The van der Waals surface area contributed by atoms with Gasteiger partial charge < -0.3 is 19.5 Å². The van der Waals surface area contributed by atoms with Gasteiger partial charge in [-0.15, -0.1) is 17.9 Å². The predicted molar refractivity (Wildman–Crippen MR) is 139 cm³/mol. The summed E-state index contributed by atoms with van der Waals surface area (Å²) in [4.78, 5) is 18.4. The van der Waals surface area contributed by atoms with Gasteiger partial charge in [-0.25, -0.2) is 4.39 Å². The molecular formula is C28H31FN2O4S. The maximum absolute atomic E-state index is 13.5. The van der Waals surface area contributed by atoms with Gasteiger partial charge in [-0.1, -0.05) is 24.3 Å². The standard InChI is InChI=1S/C28H31FN2O4S/c1-2-14-30(17-22(32)19-34-23-6-4-3-5-7-23)18-28(33)31-15-12-27-25(13-16-36-27)26(31)20-35-24-10-8-21(29)9-11-24/h2-11,13,16,22,26,32H,1,12,14-15,17-20H2/t22-,26-/m0/s1. The predicted octanol–water partition coefficient (Wildman–Crippen LogP) is 4.32. The number of carbonyl (C=O) groups excluding carboxylic acids is 1. The lowest BCUT2D eigenvalue weighted by molar-refractivity contribution is -0.136. The fourth-order valence-corrected chi connectivity index (χ4v) is 5.24. The molecule has 3 aromatic rings. The summed E-state index contributed by atoms with van der Waals surface area (Å²) in [5, 5.41) is 12.6. The van der Waals surface area contributed by atoms with Gasteiger partial charge in [-0.3, -0.25) is 9.69 Å². The van der Waals surface area contributed by atoms with Gasteiger partial charge in [0.1, 0.15) is 36.6 Å². The van der Waals surface area contributed by atoms with Crippen molar-refractivity contribution in [2.75, 3.05) is 39.4 Å². The Morgan fingerprint density at radius 1 is 1.17 bits per heavy atom. The lowest BCUT2D eigenvalue weighted by Crippen LogP contribution is -2.48. The fourth-order valence-electron chi connectivity index (χ4n) is 4.31. The summed E-state index contributed by atoms with van der Waals surface area (Å²) in [6.07, 6.45) is 1.75. The molecule has 1 aromatic heterocycles. The number of aliphatic hydroxyl groups excluding tert-OH is 1. The average molecular weight is 511 g/mol. The minimum atomic E-state index is -0.764. The van der Waals surface area contributed by atoms with Crippen molar-refractivity contribution in [2.24, 2.45) is 0 Å². The van der Waals surface area contributed by atoms with E-state index in [0.717, 1.165) is 12.0 Å². The molecule has 0 radical (unpaired) electrons. The first-order valence-corrected chi connectivity index (χ1v) is 12.8. The number of para-hydroxylation sites is 1. The van der Waals surface area contributed by atoms with Crippen molar-refractivity contribution < 1.29 is 23.8 Å². The Bertz CT molecular complexity index is 1120. The number of thiophene rings is 1. The van der Waals surface area contributed by atoms with Crippen LogP contribution in [-0.4, -0.2) is 66.3 Å². The number of hydrogen-bond donors (Lipinski definition) is 1. The first-order chi connectivity index (χ1) is 17.5. The maximum atomic E-state index is 13.5. The third-order valence-electron chi connectivity index (χ3n) is 6.04. The Kier molecular flexibility index (Phi) is 9.11. The van der Waals surface area contributed by atoms with Gasteiger partial charge in [0.05, 0.1) is 12.6 Å². The number of benzene rings is 2. The Balaban J connectivity index is 1.39. The molecule has 0 aliphatic carbocycles. The fraction of sp³-hybridized carbons (Fsp3) is 0.321. The zero-order chi connectivity index (χ0) is 25.3. The number of amides is 1. The highest BCUT2D eigenvalue weighted by Gasteiger charge is 2.33. The normalized spacial score (nSPS) is 15.9. The van der Waals surface area contributed by atoms with Crippen LogP contribution in [0.4, 0.5) is 4.39 Å². The van der Waals surface area contributed by atoms with Gasteiger partial charge >= 0.3 is 0 Å². The minimum absolute atomic E-state index is 0.0439. The smallest absolute Gasteiger partial charge is 0.237 e. The summed E-state index contributed by atoms with van der Waals surface area (Å²) in [7, 11) is 0. The third kappa shape index (κ3) is 6.94. The van der Waals surface area contributed by atoms with Gasteiger partial charge in [0.15, 0.2) is 0 Å². The second-order valence-electron chi connectivity index (χ2n) is 8.68. The van der Waals surface area contributed by atoms with E-state index in [-0.39, 0.29) is 44.1 Å². The van der Waals surface area contributed by atoms with Gasteiger partial charge in [0, 0.05) is 24.5 Å². The maximum Gasteiger partial charge on any atom is 0.237 e. The van der Waals surface area contributed by atoms with Crippen molar-refractivity contribution in [3.63, 3.8) is 0 Å². The van der Waals surface area contributed by atoms with Crippen LogP contribution in [0.1, 0.15) is 16.5 Å². The SMILES string of the molecule is C=CCN(CC(=O)N1CCc2sccc2[C@@H]1COc1ccc(F)cc1)C[C@H](O)COc1ccccc1. The lowest BCUT2D eigenvalue weighted by Gasteiger charge is -2.37. The molecule has 2 aromatic carbocycles. The summed E-state index contributed by atoms with van der Waals surface area (Å²) in [5.41, 5.74) is 1.09. The van der Waals surface area contributed by atoms with Crippen LogP contribution in [-0.2, 0) is 11.2 Å². The van der Waals surface area contributed by atoms with E-state index in [1.807, 2.05) is 51.6 Å². The van der Waals surface area contributed by atoms with Crippen LogP contribution in [0, 0.1) is 5.82 Å². The molecule has 1 N–H and O–H groups in total. The first-order valence-electron chi connectivity index (χ1n) is 12.0. The van der Waals surface area contributed by atoms with Crippen molar-refractivity contribution >= 4 is 17.2 Å². The van der Waals surface area contributed by atoms with E-state index in [0.29, 0.717) is 24.6 Å². The number of rotatable bonds is 12. The first kappa shape index (κ1) is 25.9. The third-order valence-corrected chi connectivity index (χ3v) is 7.03. The molecule has 6 nitrogen and oxygen atoms in total. The van der Waals surface area contributed by atoms with Crippen LogP contribution in [0.5, 0.6) is 11.5 Å². The Morgan fingerprint density at radius 3 is 2.67 bits per heavy atom. The molecule has 0 bridgehead atoms. The van der Waals surface area contributed by atoms with E-state index < -0.39 is 6.10 Å². The molecule has 190 valence electrons. The average Bonchev–Trinajstić information content (AvgIpc) is 3.37. The van der Waals surface area contributed by atoms with E-state index in [2.05, 4.69) is 6.58 Å². The van der Waals surface area contributed by atoms with Crippen molar-refractivity contribution in [3.8, 4) is 11.5 Å². The van der Waals surface area contributed by atoms with Crippen molar-refractivity contribution in [3.05, 3.63) is 95.0 Å². The molecular weight excluding hydrogens is 479 g/mol. The number of hydrogen-bond acceptors (Lipinski definition) is 6. The number of carbonyl (C=O) groups is 1. The van der Waals surface area contributed by atoms with Gasteiger partial charge in [0.25, 0.3) is 0 Å². The quantitative estimate of drug-likeness (QED) is 0.368. The van der Waals surface area contributed by atoms with Crippen LogP contribution in [0.3, 0.4) is 0 Å². The zero-order valence-electron chi connectivity index (χ0n) is 20.1. The molecule has 0 unspecified atom stereocenters. The molecule has 1 aliphatic heterocycles. The van der Waals surface area contributed by atoms with Crippen LogP contribution in [0.2, 0.25) is 0 Å². The number of aliphatic hydroxyl groups is 1. The van der Waals surface area contributed by atoms with E-state index in [4.69, 9.17) is 9.47 Å². The second kappa shape index (κ2) is 12.7. The molecule has 1 amide bonds. The summed E-state index contributed by atoms with van der Waals surface area (Å²) in [6, 6.07) is 17.0. The molecule has 2 heterocycles. The highest BCUT2D eigenvalue weighted by molar-refractivity contribution is 7.10. The topological polar surface area (TPSA) is 62.2 Å². The van der Waals surface area contributed by atoms with Gasteiger partial charge in [0.2, 0.25) is 5.91 Å². The van der Waals surface area contributed by atoms with Crippen LogP contribution in [0.25, 0.3) is 0 Å². The Hall–Kier alpha value is -3.20. The van der Waals surface area contributed by atoms with Gasteiger partial charge in [-0.05, 0) is 59.8 Å². The largest absolute Gasteiger partial charge is 0.491 e. The van der Waals surface area contributed by atoms with Crippen LogP contribution >= 0.6 is 11.3 Å². The van der Waals surface area contributed by atoms with E-state index in [9.17, 15) is 14.3 Å². The molecule has 4 rings (SSSR count). The monoisotopic (exact) mass is 510 g/mol. The Morgan fingerprint density at radius 2 is 1.92 bits per heavy atom. The molecule has 0 fully saturated rings. The van der Waals surface area contributed by atoms with E-state index >= 15 is 0 Å². The highest BCUT2D eigenvalue weighted by atomic mass is 32.1. The molecule has 0 saturated heterocycles. The highest BCUT2D eigenvalue weighted by Crippen LogP contribution is 2.34. The van der Waals surface area contributed by atoms with Crippen LogP contribution in [0.15, 0.2) is 78.7 Å². The summed E-state index contributed by atoms with van der Waals surface area (Å²) in [6.45, 7) is 5.67. The summed E-state index contributed by atoms with van der Waals surface area (Å²) in [5.74, 6) is 0.876. The van der Waals surface area contributed by atoms with Crippen molar-refractivity contribution in [1.82, 2.24) is 9.80 Å². The van der Waals surface area contributed by atoms with Crippen LogP contribution < -0.4 is 9.47 Å². The number of halogens is 1. The van der Waals surface area contributed by atoms with Crippen molar-refractivity contribution in [1.29, 1.82) is 0 Å². The molecule has 8 heteroatoms. The zero-order valence-corrected chi connectivity index (χ0v) is 20.9. The van der Waals surface area contributed by atoms with E-state index in [1.165, 1.54) is 17.0 Å².